The molecule has 0 amide bonds. The molecule has 0 radical (unpaired) electrons. The fourth-order valence-corrected chi connectivity index (χ4v) is 1.82. The Kier molecular flexibility index (Phi) is 4.52. The number of imidazole rings is 1. The van der Waals surface area contributed by atoms with Crippen LogP contribution in [0.2, 0.25) is 0 Å². The summed E-state index contributed by atoms with van der Waals surface area (Å²) < 4.78 is 21.0. The van der Waals surface area contributed by atoms with Crippen LogP contribution < -0.4 is 10.1 Å². The van der Waals surface area contributed by atoms with Crippen molar-refractivity contribution in [3.05, 3.63) is 48.3 Å². The van der Waals surface area contributed by atoms with Gasteiger partial charge < -0.3 is 14.6 Å². The fourth-order valence-electron chi connectivity index (χ4n) is 1.82. The van der Waals surface area contributed by atoms with Gasteiger partial charge >= 0.3 is 0 Å². The highest BCUT2D eigenvalue weighted by atomic mass is 19.1. The topological polar surface area (TPSA) is 39.1 Å². The highest BCUT2D eigenvalue weighted by Gasteiger charge is 2.11. The van der Waals surface area contributed by atoms with Crippen molar-refractivity contribution in [3.63, 3.8) is 0 Å². The fraction of sp³-hybridized carbons (Fsp3) is 0.357. The van der Waals surface area contributed by atoms with E-state index in [-0.39, 0.29) is 11.9 Å². The maximum Gasteiger partial charge on any atom is 0.124 e. The quantitative estimate of drug-likeness (QED) is 0.869. The predicted molar refractivity (Wildman–Crippen MR) is 71.6 cm³/mol. The van der Waals surface area contributed by atoms with Gasteiger partial charge in [0.2, 0.25) is 0 Å². The first-order valence-corrected chi connectivity index (χ1v) is 6.26. The normalized spacial score (nSPS) is 12.4. The molecule has 2 aromatic rings. The average Bonchev–Trinajstić information content (AvgIpc) is 2.92. The Hall–Kier alpha value is -1.88. The van der Waals surface area contributed by atoms with Gasteiger partial charge in [-0.05, 0) is 32.2 Å². The summed E-state index contributed by atoms with van der Waals surface area (Å²) in [7, 11) is 1.84. The van der Waals surface area contributed by atoms with E-state index in [2.05, 4.69) is 10.3 Å². The van der Waals surface area contributed by atoms with Crippen LogP contribution in [0.15, 0.2) is 36.9 Å². The van der Waals surface area contributed by atoms with Gasteiger partial charge in [-0.3, -0.25) is 0 Å². The lowest BCUT2D eigenvalue weighted by atomic mass is 10.1. The van der Waals surface area contributed by atoms with Crippen LogP contribution in [0.4, 0.5) is 4.39 Å². The summed E-state index contributed by atoms with van der Waals surface area (Å²) in [6, 6.07) is 4.64. The molecule has 0 aliphatic rings. The van der Waals surface area contributed by atoms with Crippen molar-refractivity contribution in [3.8, 4) is 5.75 Å². The minimum atomic E-state index is -0.251. The summed E-state index contributed by atoms with van der Waals surface area (Å²) in [5, 5.41) is 3.09. The molecule has 1 unspecified atom stereocenters. The van der Waals surface area contributed by atoms with E-state index in [1.54, 1.807) is 18.6 Å². The number of aromatic nitrogens is 2. The van der Waals surface area contributed by atoms with Gasteiger partial charge in [-0.1, -0.05) is 0 Å². The largest absolute Gasteiger partial charge is 0.491 e. The molecule has 0 saturated heterocycles. The number of nitrogens with zero attached hydrogens (tertiary/aromatic N) is 2. The summed E-state index contributed by atoms with van der Waals surface area (Å²) in [5.74, 6) is 0.461. The first-order chi connectivity index (χ1) is 9.20. The Labute approximate surface area is 112 Å². The molecule has 5 heteroatoms. The van der Waals surface area contributed by atoms with Gasteiger partial charge in [0.15, 0.2) is 0 Å². The van der Waals surface area contributed by atoms with E-state index in [0.29, 0.717) is 18.9 Å². The molecular formula is C14H18FN3O. The number of benzene rings is 1. The monoisotopic (exact) mass is 263 g/mol. The van der Waals surface area contributed by atoms with E-state index in [1.165, 1.54) is 12.1 Å². The van der Waals surface area contributed by atoms with Crippen molar-refractivity contribution in [2.75, 3.05) is 13.7 Å². The second kappa shape index (κ2) is 6.33. The smallest absolute Gasteiger partial charge is 0.124 e. The Balaban J connectivity index is 2.02. The van der Waals surface area contributed by atoms with Gasteiger partial charge in [0.25, 0.3) is 0 Å². The lowest BCUT2D eigenvalue weighted by Gasteiger charge is -2.16. The van der Waals surface area contributed by atoms with Crippen molar-refractivity contribution in [2.45, 2.75) is 19.5 Å². The number of rotatable bonds is 6. The lowest BCUT2D eigenvalue weighted by Crippen LogP contribution is -2.15. The van der Waals surface area contributed by atoms with Crippen molar-refractivity contribution < 1.29 is 9.13 Å². The molecular weight excluding hydrogens is 245 g/mol. The Morgan fingerprint density at radius 3 is 3.00 bits per heavy atom. The van der Waals surface area contributed by atoms with Gasteiger partial charge in [0, 0.05) is 24.0 Å². The molecule has 0 spiro atoms. The van der Waals surface area contributed by atoms with E-state index in [9.17, 15) is 4.39 Å². The minimum Gasteiger partial charge on any atom is -0.491 e. The third kappa shape index (κ3) is 3.54. The van der Waals surface area contributed by atoms with Gasteiger partial charge in [-0.2, -0.15) is 0 Å². The molecule has 0 aliphatic heterocycles. The van der Waals surface area contributed by atoms with Crippen molar-refractivity contribution in [1.82, 2.24) is 14.9 Å². The van der Waals surface area contributed by atoms with Gasteiger partial charge in [0.05, 0.1) is 12.9 Å². The molecule has 19 heavy (non-hydrogen) atoms. The van der Waals surface area contributed by atoms with Crippen LogP contribution in [-0.4, -0.2) is 23.2 Å². The molecule has 1 heterocycles. The van der Waals surface area contributed by atoms with Crippen LogP contribution in [0, 0.1) is 5.82 Å². The first kappa shape index (κ1) is 13.5. The zero-order valence-corrected chi connectivity index (χ0v) is 11.1. The molecule has 102 valence electrons. The highest BCUT2D eigenvalue weighted by molar-refractivity contribution is 5.36. The Morgan fingerprint density at radius 2 is 2.32 bits per heavy atom. The van der Waals surface area contributed by atoms with Crippen LogP contribution >= 0.6 is 0 Å². The summed E-state index contributed by atoms with van der Waals surface area (Å²) in [6.07, 6.45) is 5.35. The molecule has 0 aliphatic carbocycles. The Morgan fingerprint density at radius 1 is 1.47 bits per heavy atom. The molecule has 1 N–H and O–H groups in total. The van der Waals surface area contributed by atoms with E-state index in [4.69, 9.17) is 4.74 Å². The number of nitrogens with one attached hydrogen (secondary N) is 1. The molecule has 1 aromatic heterocycles. The van der Waals surface area contributed by atoms with Crippen LogP contribution in [0.1, 0.15) is 18.5 Å². The van der Waals surface area contributed by atoms with Crippen LogP contribution in [0.5, 0.6) is 5.75 Å². The molecule has 0 fully saturated rings. The Bertz CT molecular complexity index is 513. The summed E-state index contributed by atoms with van der Waals surface area (Å²) in [6.45, 7) is 3.20. The molecule has 1 atom stereocenters. The summed E-state index contributed by atoms with van der Waals surface area (Å²) in [4.78, 5) is 3.97. The third-order valence-electron chi connectivity index (χ3n) is 3.04. The maximum atomic E-state index is 13.3. The number of halogens is 1. The highest BCUT2D eigenvalue weighted by Crippen LogP contribution is 2.25. The maximum absolute atomic E-state index is 13.3. The molecule has 0 saturated carbocycles. The number of hydrogen-bond donors (Lipinski definition) is 1. The predicted octanol–water partition coefficient (Wildman–Crippen LogP) is 2.38. The van der Waals surface area contributed by atoms with E-state index >= 15 is 0 Å². The van der Waals surface area contributed by atoms with Crippen molar-refractivity contribution >= 4 is 0 Å². The van der Waals surface area contributed by atoms with E-state index in [1.807, 2.05) is 24.7 Å². The average molecular weight is 263 g/mol. The number of hydrogen-bond acceptors (Lipinski definition) is 3. The van der Waals surface area contributed by atoms with E-state index in [0.717, 1.165) is 5.56 Å². The molecule has 1 aromatic carbocycles. The van der Waals surface area contributed by atoms with Crippen molar-refractivity contribution in [1.29, 1.82) is 0 Å². The van der Waals surface area contributed by atoms with Crippen LogP contribution in [-0.2, 0) is 6.54 Å². The summed E-state index contributed by atoms with van der Waals surface area (Å²) >= 11 is 0. The molecule has 4 nitrogen and oxygen atoms in total. The number of ether oxygens (including phenoxy) is 1. The first-order valence-electron chi connectivity index (χ1n) is 6.26. The minimum absolute atomic E-state index is 0.0407. The third-order valence-corrected chi connectivity index (χ3v) is 3.04. The second-order valence-electron chi connectivity index (χ2n) is 4.34. The zero-order chi connectivity index (χ0) is 13.7. The van der Waals surface area contributed by atoms with Crippen molar-refractivity contribution in [2.24, 2.45) is 0 Å². The van der Waals surface area contributed by atoms with Crippen LogP contribution in [0.3, 0.4) is 0 Å². The SMILES string of the molecule is CNC(C)c1cc(F)ccc1OCCn1ccnc1. The van der Waals surface area contributed by atoms with Gasteiger partial charge in [0.1, 0.15) is 18.2 Å². The standard InChI is InChI=1S/C14H18FN3O/c1-11(16-2)13-9-12(15)3-4-14(13)19-8-7-18-6-5-17-10-18/h3-6,9-11,16H,7-8H2,1-2H3. The van der Waals surface area contributed by atoms with Crippen LogP contribution in [0.25, 0.3) is 0 Å². The summed E-state index contributed by atoms with van der Waals surface area (Å²) in [5.41, 5.74) is 0.827. The molecule has 0 bridgehead atoms. The lowest BCUT2D eigenvalue weighted by molar-refractivity contribution is 0.292. The second-order valence-corrected chi connectivity index (χ2v) is 4.34. The van der Waals surface area contributed by atoms with Gasteiger partial charge in [-0.15, -0.1) is 0 Å². The zero-order valence-electron chi connectivity index (χ0n) is 11.1. The van der Waals surface area contributed by atoms with Gasteiger partial charge in [-0.25, -0.2) is 9.37 Å². The van der Waals surface area contributed by atoms with E-state index < -0.39 is 0 Å². The molecule has 2 rings (SSSR count).